The third kappa shape index (κ3) is 4.39. The summed E-state index contributed by atoms with van der Waals surface area (Å²) < 4.78 is 27.8. The Labute approximate surface area is 163 Å². The topological polar surface area (TPSA) is 80.3 Å². The summed E-state index contributed by atoms with van der Waals surface area (Å²) in [5, 5.41) is 0. The van der Waals surface area contributed by atoms with E-state index in [2.05, 4.69) is 4.74 Å². The summed E-state index contributed by atoms with van der Waals surface area (Å²) >= 11 is 0. The Balaban J connectivity index is 1.78. The normalized spacial score (nSPS) is 13.4. The quantitative estimate of drug-likeness (QED) is 0.352. The van der Waals surface area contributed by atoms with Crippen LogP contribution in [0.15, 0.2) is 48.5 Å². The monoisotopic (exact) mass is 386 g/mol. The second-order valence-electron chi connectivity index (χ2n) is 5.97. The highest BCUT2D eigenvalue weighted by Gasteiger charge is 2.37. The molecule has 7 heteroatoms. The van der Waals surface area contributed by atoms with Gasteiger partial charge in [0.05, 0.1) is 12.2 Å². The fourth-order valence-corrected chi connectivity index (χ4v) is 2.85. The van der Waals surface area contributed by atoms with E-state index < -0.39 is 17.9 Å². The minimum atomic E-state index is -1.46. The summed E-state index contributed by atoms with van der Waals surface area (Å²) in [6.45, 7) is 4.39. The van der Waals surface area contributed by atoms with Crippen molar-refractivity contribution in [2.45, 2.75) is 26.4 Å². The van der Waals surface area contributed by atoms with Crippen LogP contribution in [0.25, 0.3) is 0 Å². The van der Waals surface area contributed by atoms with Gasteiger partial charge in [-0.1, -0.05) is 36.4 Å². The molecule has 7 nitrogen and oxygen atoms in total. The molecule has 3 rings (SSSR count). The van der Waals surface area contributed by atoms with Crippen molar-refractivity contribution in [2.75, 3.05) is 19.8 Å². The van der Waals surface area contributed by atoms with Gasteiger partial charge in [-0.15, -0.1) is 0 Å². The Kier molecular flexibility index (Phi) is 6.41. The van der Waals surface area contributed by atoms with Crippen LogP contribution in [0.1, 0.15) is 40.1 Å². The highest BCUT2D eigenvalue weighted by molar-refractivity contribution is 6.16. The maximum absolute atomic E-state index is 12.0. The molecule has 148 valence electrons. The number of hydrogen-bond donors (Lipinski definition) is 0. The number of carbonyl (C=O) groups excluding carboxylic acids is 2. The molecule has 0 aromatic heterocycles. The minimum absolute atomic E-state index is 0.0949. The third-order valence-electron chi connectivity index (χ3n) is 4.07. The zero-order chi connectivity index (χ0) is 20.0. The van der Waals surface area contributed by atoms with Gasteiger partial charge in [0.2, 0.25) is 0 Å². The molecule has 2 aromatic carbocycles. The number of ether oxygens (including phenoxy) is 5. The molecule has 0 radical (unpaired) electrons. The minimum Gasteiger partial charge on any atom is -0.484 e. The number of benzene rings is 2. The van der Waals surface area contributed by atoms with Gasteiger partial charge in [-0.25, -0.2) is 9.59 Å². The third-order valence-corrected chi connectivity index (χ3v) is 4.07. The highest BCUT2D eigenvalue weighted by Crippen LogP contribution is 2.30. The Hall–Kier alpha value is -2.74. The largest absolute Gasteiger partial charge is 0.484 e. The molecule has 1 heterocycles. The van der Waals surface area contributed by atoms with Crippen molar-refractivity contribution in [2.24, 2.45) is 0 Å². The molecule has 0 aliphatic carbocycles. The molecule has 0 fully saturated rings. The maximum Gasteiger partial charge on any atom is 0.350 e. The lowest BCUT2D eigenvalue weighted by atomic mass is 10.1. The van der Waals surface area contributed by atoms with E-state index in [1.54, 1.807) is 12.1 Å². The van der Waals surface area contributed by atoms with Crippen molar-refractivity contribution in [1.29, 1.82) is 0 Å². The molecular formula is C21H22O7. The number of cyclic esters (lactones) is 2. The van der Waals surface area contributed by atoms with E-state index in [0.717, 1.165) is 5.56 Å². The number of fused-ring (bicyclic) bond motifs is 1. The number of esters is 2. The van der Waals surface area contributed by atoms with Crippen molar-refractivity contribution in [1.82, 2.24) is 0 Å². The van der Waals surface area contributed by atoms with Crippen molar-refractivity contribution in [3.63, 3.8) is 0 Å². The highest BCUT2D eigenvalue weighted by atomic mass is 16.9. The molecule has 0 unspecified atom stereocenters. The molecule has 0 amide bonds. The fourth-order valence-electron chi connectivity index (χ4n) is 2.85. The lowest BCUT2D eigenvalue weighted by molar-refractivity contribution is -0.390. The lowest BCUT2D eigenvalue weighted by Crippen LogP contribution is -2.45. The maximum atomic E-state index is 12.0. The predicted molar refractivity (Wildman–Crippen MR) is 98.9 cm³/mol. The second kappa shape index (κ2) is 8.97. The Morgan fingerprint density at radius 3 is 2.25 bits per heavy atom. The van der Waals surface area contributed by atoms with E-state index in [4.69, 9.17) is 18.9 Å². The summed E-state index contributed by atoms with van der Waals surface area (Å²) in [4.78, 5) is 23.7. The zero-order valence-electron chi connectivity index (χ0n) is 15.8. The van der Waals surface area contributed by atoms with E-state index in [1.807, 2.05) is 44.2 Å². The molecule has 2 aromatic rings. The Bertz CT molecular complexity index is 826. The standard InChI is InChI=1S/C21H22O7/c1-3-25-21(26-4-2,27-13-15-9-6-5-7-10-15)14-24-17-12-8-11-16-18(17)20(23)28-19(16)22/h5-12H,3-4,13-14H2,1-2H3. The van der Waals surface area contributed by atoms with Gasteiger partial charge in [0, 0.05) is 13.2 Å². The van der Waals surface area contributed by atoms with Crippen LogP contribution in [0.2, 0.25) is 0 Å². The van der Waals surface area contributed by atoms with Gasteiger partial charge in [0.25, 0.3) is 0 Å². The average Bonchev–Trinajstić information content (AvgIpc) is 3.00. The van der Waals surface area contributed by atoms with Crippen molar-refractivity contribution >= 4 is 11.9 Å². The van der Waals surface area contributed by atoms with Crippen LogP contribution in [-0.4, -0.2) is 37.7 Å². The van der Waals surface area contributed by atoms with Gasteiger partial charge < -0.3 is 23.7 Å². The molecular weight excluding hydrogens is 364 g/mol. The van der Waals surface area contributed by atoms with E-state index in [1.165, 1.54) is 6.07 Å². The van der Waals surface area contributed by atoms with Crippen molar-refractivity contribution in [3.05, 3.63) is 65.2 Å². The summed E-state index contributed by atoms with van der Waals surface area (Å²) in [5.74, 6) is -2.68. The number of carbonyl (C=O) groups is 2. The lowest BCUT2D eigenvalue weighted by Gasteiger charge is -2.32. The molecule has 0 saturated heterocycles. The van der Waals surface area contributed by atoms with Crippen molar-refractivity contribution < 1.29 is 33.3 Å². The molecule has 0 saturated carbocycles. The van der Waals surface area contributed by atoms with E-state index in [0.29, 0.717) is 13.2 Å². The van der Waals surface area contributed by atoms with Gasteiger partial charge in [-0.3, -0.25) is 0 Å². The van der Waals surface area contributed by atoms with Crippen LogP contribution in [-0.2, 0) is 25.6 Å². The molecule has 1 aliphatic rings. The first kappa shape index (κ1) is 20.0. The van der Waals surface area contributed by atoms with Crippen LogP contribution < -0.4 is 4.74 Å². The van der Waals surface area contributed by atoms with Gasteiger partial charge in [0.15, 0.2) is 6.61 Å². The van der Waals surface area contributed by atoms with Gasteiger partial charge in [-0.05, 0) is 31.5 Å². The second-order valence-corrected chi connectivity index (χ2v) is 5.97. The molecule has 0 bridgehead atoms. The first-order valence-corrected chi connectivity index (χ1v) is 9.06. The van der Waals surface area contributed by atoms with Crippen LogP contribution >= 0.6 is 0 Å². The van der Waals surface area contributed by atoms with Gasteiger partial charge in [0.1, 0.15) is 11.3 Å². The molecule has 0 N–H and O–H groups in total. The van der Waals surface area contributed by atoms with Crippen molar-refractivity contribution in [3.8, 4) is 5.75 Å². The van der Waals surface area contributed by atoms with E-state index in [9.17, 15) is 9.59 Å². The average molecular weight is 386 g/mol. The molecule has 0 spiro atoms. The number of hydrogen-bond acceptors (Lipinski definition) is 7. The predicted octanol–water partition coefficient (Wildman–Crippen LogP) is 3.32. The van der Waals surface area contributed by atoms with Crippen LogP contribution in [0, 0.1) is 0 Å². The summed E-state index contributed by atoms with van der Waals surface area (Å²) in [7, 11) is 0. The molecule has 1 aliphatic heterocycles. The Morgan fingerprint density at radius 1 is 0.857 bits per heavy atom. The van der Waals surface area contributed by atoms with Crippen LogP contribution in [0.3, 0.4) is 0 Å². The SMILES string of the molecule is CCOC(COc1cccc2c1C(=O)OC2=O)(OCC)OCc1ccccc1. The summed E-state index contributed by atoms with van der Waals surface area (Å²) in [6, 6.07) is 14.3. The number of rotatable bonds is 10. The van der Waals surface area contributed by atoms with Gasteiger partial charge in [-0.2, -0.15) is 0 Å². The summed E-state index contributed by atoms with van der Waals surface area (Å²) in [5.41, 5.74) is 1.21. The zero-order valence-corrected chi connectivity index (χ0v) is 15.8. The van der Waals surface area contributed by atoms with Crippen LogP contribution in [0.5, 0.6) is 5.75 Å². The Morgan fingerprint density at radius 2 is 1.57 bits per heavy atom. The smallest absolute Gasteiger partial charge is 0.350 e. The fraction of sp³-hybridized carbons (Fsp3) is 0.333. The first-order valence-electron chi connectivity index (χ1n) is 9.06. The van der Waals surface area contributed by atoms with Crippen LogP contribution in [0.4, 0.5) is 0 Å². The van der Waals surface area contributed by atoms with E-state index in [-0.39, 0.29) is 30.1 Å². The summed E-state index contributed by atoms with van der Waals surface area (Å²) in [6.07, 6.45) is 0. The van der Waals surface area contributed by atoms with E-state index >= 15 is 0 Å². The molecule has 0 atom stereocenters. The van der Waals surface area contributed by atoms with Gasteiger partial charge >= 0.3 is 17.9 Å². The first-order chi connectivity index (χ1) is 13.6. The molecule has 28 heavy (non-hydrogen) atoms.